The van der Waals surface area contributed by atoms with Gasteiger partial charge in [0.15, 0.2) is 5.65 Å². The summed E-state index contributed by atoms with van der Waals surface area (Å²) in [5.74, 6) is 0. The summed E-state index contributed by atoms with van der Waals surface area (Å²) in [7, 11) is -2.29. The second-order valence-electron chi connectivity index (χ2n) is 6.87. The molecule has 0 unspecified atom stereocenters. The third kappa shape index (κ3) is 4.42. The molecule has 0 spiro atoms. The number of hydrogen-bond acceptors (Lipinski definition) is 6. The van der Waals surface area contributed by atoms with Crippen LogP contribution in [0.3, 0.4) is 0 Å². The molecule has 0 amide bonds. The maximum absolute atomic E-state index is 12.8. The number of aryl methyl sites for hydroxylation is 1. The molecule has 0 aliphatic carbocycles. The van der Waals surface area contributed by atoms with Gasteiger partial charge in [0.1, 0.15) is 5.69 Å². The molecule has 1 fully saturated rings. The zero-order chi connectivity index (χ0) is 22.2. The minimum atomic E-state index is -3.89. The highest BCUT2D eigenvalue weighted by Gasteiger charge is 2.22. The van der Waals surface area contributed by atoms with Gasteiger partial charge >= 0.3 is 0 Å². The van der Waals surface area contributed by atoms with Crippen molar-refractivity contribution in [1.29, 1.82) is 0 Å². The summed E-state index contributed by atoms with van der Waals surface area (Å²) in [6.07, 6.45) is 4.19. The maximum Gasteiger partial charge on any atom is 0.292 e. The fourth-order valence-corrected chi connectivity index (χ4v) is 4.64. The van der Waals surface area contributed by atoms with Crippen molar-refractivity contribution >= 4 is 56.3 Å². The van der Waals surface area contributed by atoms with Crippen LogP contribution in [0.5, 0.6) is 0 Å². The largest absolute Gasteiger partial charge is 0.378 e. The summed E-state index contributed by atoms with van der Waals surface area (Å²) >= 11 is 12.1. The van der Waals surface area contributed by atoms with Gasteiger partial charge in [0, 0.05) is 35.7 Å². The van der Waals surface area contributed by atoms with E-state index in [1.54, 1.807) is 25.2 Å². The van der Waals surface area contributed by atoms with Crippen LogP contribution in [0.4, 0.5) is 11.4 Å². The minimum Gasteiger partial charge on any atom is -0.378 e. The van der Waals surface area contributed by atoms with E-state index in [1.807, 2.05) is 4.90 Å². The van der Waals surface area contributed by atoms with Crippen LogP contribution in [0.15, 0.2) is 40.8 Å². The van der Waals surface area contributed by atoms with E-state index < -0.39 is 10.0 Å². The molecule has 4 rings (SSSR count). The van der Waals surface area contributed by atoms with Crippen LogP contribution in [0.25, 0.3) is 11.7 Å². The van der Waals surface area contributed by atoms with Crippen molar-refractivity contribution in [3.63, 3.8) is 0 Å². The Labute approximate surface area is 188 Å². The quantitative estimate of drug-likeness (QED) is 0.598. The normalized spacial score (nSPS) is 15.1. The van der Waals surface area contributed by atoms with Crippen LogP contribution in [0, 0.1) is 0 Å². The molecule has 0 atom stereocenters. The van der Waals surface area contributed by atoms with Crippen molar-refractivity contribution in [2.45, 2.75) is 0 Å². The van der Waals surface area contributed by atoms with Crippen LogP contribution in [0.1, 0.15) is 5.56 Å². The second-order valence-corrected chi connectivity index (χ2v) is 9.25. The molecule has 3 aromatic rings. The average molecular weight is 484 g/mol. The third-order valence-corrected chi connectivity index (χ3v) is 6.51. The minimum absolute atomic E-state index is 0.196. The SMILES string of the molecule is Cn1c(=O)c(N2CCOCC2)c2ncc(NS(=O)(=O)C=Cc3c(Cl)cccc3Cl)cn21. The van der Waals surface area contributed by atoms with E-state index in [9.17, 15) is 13.2 Å². The third-order valence-electron chi connectivity index (χ3n) is 4.84. The summed E-state index contributed by atoms with van der Waals surface area (Å²) in [6, 6.07) is 4.90. The molecule has 9 nitrogen and oxygen atoms in total. The second kappa shape index (κ2) is 8.54. The van der Waals surface area contributed by atoms with E-state index in [1.165, 1.54) is 27.7 Å². The number of morpholine rings is 1. The molecule has 1 aliphatic heterocycles. The standard InChI is InChI=1S/C19H19Cl2N5O4S/c1-24-19(27)17(25-6-8-30-9-7-25)18-22-11-13(12-26(18)24)23-31(28,29)10-5-14-15(20)3-2-4-16(14)21/h2-5,10-12,23H,6-9H2,1H3. The number of nitrogens with one attached hydrogen (secondary N) is 1. The van der Waals surface area contributed by atoms with Gasteiger partial charge in [-0.15, -0.1) is 0 Å². The van der Waals surface area contributed by atoms with Crippen molar-refractivity contribution < 1.29 is 13.2 Å². The number of benzene rings is 1. The fraction of sp³-hybridized carbons (Fsp3) is 0.263. The van der Waals surface area contributed by atoms with Gasteiger partial charge in [-0.05, 0) is 18.2 Å². The Bertz CT molecular complexity index is 1310. The molecule has 1 aromatic carbocycles. The number of hydrogen-bond donors (Lipinski definition) is 1. The van der Waals surface area contributed by atoms with E-state index >= 15 is 0 Å². The summed E-state index contributed by atoms with van der Waals surface area (Å²) in [5.41, 5.74) is 1.28. The molecule has 0 bridgehead atoms. The van der Waals surface area contributed by atoms with Crippen molar-refractivity contribution in [3.05, 3.63) is 62.0 Å². The predicted molar refractivity (Wildman–Crippen MR) is 122 cm³/mol. The van der Waals surface area contributed by atoms with E-state index in [0.717, 1.165) is 5.41 Å². The van der Waals surface area contributed by atoms with Gasteiger partial charge in [-0.25, -0.2) is 22.6 Å². The maximum atomic E-state index is 12.8. The summed E-state index contributed by atoms with van der Waals surface area (Å²) < 4.78 is 35.7. The fourth-order valence-electron chi connectivity index (χ4n) is 3.30. The van der Waals surface area contributed by atoms with Crippen molar-refractivity contribution in [3.8, 4) is 0 Å². The number of rotatable bonds is 5. The molecule has 164 valence electrons. The Kier molecular flexibility index (Phi) is 5.98. The first-order chi connectivity index (χ1) is 14.8. The first-order valence-electron chi connectivity index (χ1n) is 9.32. The van der Waals surface area contributed by atoms with Gasteiger partial charge < -0.3 is 9.64 Å². The lowest BCUT2D eigenvalue weighted by Crippen LogP contribution is -2.39. The molecule has 0 radical (unpaired) electrons. The van der Waals surface area contributed by atoms with Crippen molar-refractivity contribution in [1.82, 2.24) is 14.2 Å². The van der Waals surface area contributed by atoms with Crippen molar-refractivity contribution in [2.24, 2.45) is 7.05 Å². The molecule has 12 heteroatoms. The highest BCUT2D eigenvalue weighted by molar-refractivity contribution is 7.95. The Balaban J connectivity index is 1.64. The van der Waals surface area contributed by atoms with Crippen LogP contribution in [0.2, 0.25) is 10.0 Å². The van der Waals surface area contributed by atoms with E-state index in [2.05, 4.69) is 9.71 Å². The lowest BCUT2D eigenvalue weighted by atomic mass is 10.2. The van der Waals surface area contributed by atoms with Crippen molar-refractivity contribution in [2.75, 3.05) is 35.9 Å². The first kappa shape index (κ1) is 21.7. The molecule has 1 saturated heterocycles. The lowest BCUT2D eigenvalue weighted by Gasteiger charge is -2.26. The zero-order valence-electron chi connectivity index (χ0n) is 16.5. The number of ether oxygens (including phenoxy) is 1. The zero-order valence-corrected chi connectivity index (χ0v) is 18.8. The molecule has 1 N–H and O–H groups in total. The predicted octanol–water partition coefficient (Wildman–Crippen LogP) is 2.59. The number of anilines is 2. The number of fused-ring (bicyclic) bond motifs is 1. The van der Waals surface area contributed by atoms with E-state index in [4.69, 9.17) is 27.9 Å². The topological polar surface area (TPSA) is 97.9 Å². The van der Waals surface area contributed by atoms with Gasteiger partial charge in [0.05, 0.1) is 36.7 Å². The summed E-state index contributed by atoms with van der Waals surface area (Å²) in [6.45, 7) is 2.22. The molecular weight excluding hydrogens is 465 g/mol. The van der Waals surface area contributed by atoms with Gasteiger partial charge in [-0.3, -0.25) is 9.52 Å². The van der Waals surface area contributed by atoms with Crippen LogP contribution >= 0.6 is 23.2 Å². The Hall–Kier alpha value is -2.53. The Morgan fingerprint density at radius 2 is 1.87 bits per heavy atom. The Morgan fingerprint density at radius 3 is 2.55 bits per heavy atom. The van der Waals surface area contributed by atoms with Crippen LogP contribution in [-0.2, 0) is 21.8 Å². The molecule has 31 heavy (non-hydrogen) atoms. The molecule has 3 heterocycles. The molecule has 2 aromatic heterocycles. The van der Waals surface area contributed by atoms with Crippen LogP contribution < -0.4 is 15.2 Å². The van der Waals surface area contributed by atoms with Gasteiger partial charge in [0.25, 0.3) is 15.6 Å². The first-order valence-corrected chi connectivity index (χ1v) is 11.6. The Morgan fingerprint density at radius 1 is 1.19 bits per heavy atom. The number of sulfonamides is 1. The number of halogens is 2. The molecule has 0 saturated carbocycles. The summed E-state index contributed by atoms with van der Waals surface area (Å²) in [4.78, 5) is 19.0. The van der Waals surface area contributed by atoms with Gasteiger partial charge in [-0.2, -0.15) is 0 Å². The van der Waals surface area contributed by atoms with Gasteiger partial charge in [-0.1, -0.05) is 29.3 Å². The monoisotopic (exact) mass is 483 g/mol. The lowest BCUT2D eigenvalue weighted by molar-refractivity contribution is 0.122. The summed E-state index contributed by atoms with van der Waals surface area (Å²) in [5, 5.41) is 1.64. The van der Waals surface area contributed by atoms with E-state index in [-0.39, 0.29) is 11.2 Å². The number of aromatic nitrogens is 3. The van der Waals surface area contributed by atoms with E-state index in [0.29, 0.717) is 53.2 Å². The molecule has 1 aliphatic rings. The number of nitrogens with zero attached hydrogens (tertiary/aromatic N) is 4. The molecular formula is C19H19Cl2N5O4S. The smallest absolute Gasteiger partial charge is 0.292 e. The van der Waals surface area contributed by atoms with Crippen LogP contribution in [-0.4, -0.2) is 48.9 Å². The highest BCUT2D eigenvalue weighted by atomic mass is 35.5. The highest BCUT2D eigenvalue weighted by Crippen LogP contribution is 2.26. The van der Waals surface area contributed by atoms with Gasteiger partial charge in [0.2, 0.25) is 0 Å². The average Bonchev–Trinajstić information content (AvgIpc) is 2.98.